The number of nitrogens with zero attached hydrogens (tertiary/aromatic N) is 4. The lowest BCUT2D eigenvalue weighted by Gasteiger charge is -2.07. The molecule has 0 radical (unpaired) electrons. The van der Waals surface area contributed by atoms with E-state index in [4.69, 9.17) is 0 Å². The van der Waals surface area contributed by atoms with Crippen LogP contribution in [0.2, 0.25) is 0 Å². The number of benzene rings is 2. The van der Waals surface area contributed by atoms with Crippen molar-refractivity contribution in [2.75, 3.05) is 0 Å². The van der Waals surface area contributed by atoms with Crippen molar-refractivity contribution in [3.63, 3.8) is 0 Å². The summed E-state index contributed by atoms with van der Waals surface area (Å²) in [7, 11) is 1.84. The summed E-state index contributed by atoms with van der Waals surface area (Å²) in [5.41, 5.74) is 3.04. The largest absolute Gasteiger partial charge is 0.506 e. The molecule has 0 unspecified atom stereocenters. The van der Waals surface area contributed by atoms with E-state index in [9.17, 15) is 9.90 Å². The van der Waals surface area contributed by atoms with Gasteiger partial charge < -0.3 is 5.11 Å². The van der Waals surface area contributed by atoms with Gasteiger partial charge in [0.25, 0.3) is 5.56 Å². The molecule has 0 bridgehead atoms. The van der Waals surface area contributed by atoms with Crippen LogP contribution in [0.3, 0.4) is 0 Å². The first-order chi connectivity index (χ1) is 13.1. The van der Waals surface area contributed by atoms with Crippen LogP contribution in [-0.2, 0) is 7.05 Å². The first-order valence-corrected chi connectivity index (χ1v) is 8.52. The first kappa shape index (κ1) is 16.8. The minimum Gasteiger partial charge on any atom is -0.506 e. The standard InChI is InChI=1S/C21H18N4O2/c1-14-19(21(27)25(24(14)2)16-7-4-3-5-8-16)23-13-15-10-11-18(26)20-17(15)9-6-12-22-20/h3-13,26H,1-2H3. The Hall–Kier alpha value is -3.67. The van der Waals surface area contributed by atoms with E-state index >= 15 is 0 Å². The van der Waals surface area contributed by atoms with Crippen molar-refractivity contribution in [2.24, 2.45) is 12.0 Å². The number of pyridine rings is 1. The fraction of sp³-hybridized carbons (Fsp3) is 0.0952. The predicted octanol–water partition coefficient (Wildman–Crippen LogP) is 3.49. The summed E-state index contributed by atoms with van der Waals surface area (Å²) >= 11 is 0. The van der Waals surface area contributed by atoms with Crippen molar-refractivity contribution >= 4 is 22.8 Å². The fourth-order valence-electron chi connectivity index (χ4n) is 3.13. The van der Waals surface area contributed by atoms with Gasteiger partial charge in [0.2, 0.25) is 0 Å². The molecule has 27 heavy (non-hydrogen) atoms. The number of phenolic OH excluding ortho intramolecular Hbond substituents is 1. The topological polar surface area (TPSA) is 72.4 Å². The third-order valence-electron chi connectivity index (χ3n) is 4.64. The Bertz CT molecular complexity index is 1220. The molecule has 4 aromatic rings. The predicted molar refractivity (Wildman–Crippen MR) is 106 cm³/mol. The second kappa shape index (κ2) is 6.57. The van der Waals surface area contributed by atoms with Gasteiger partial charge in [-0.2, -0.15) is 0 Å². The molecule has 2 heterocycles. The zero-order valence-electron chi connectivity index (χ0n) is 15.0. The van der Waals surface area contributed by atoms with Crippen molar-refractivity contribution < 1.29 is 5.11 Å². The Balaban J connectivity index is 1.83. The molecule has 0 aliphatic heterocycles. The number of hydrogen-bond acceptors (Lipinski definition) is 4. The molecule has 4 rings (SSSR count). The number of hydrogen-bond donors (Lipinski definition) is 1. The normalized spacial score (nSPS) is 11.5. The van der Waals surface area contributed by atoms with E-state index in [2.05, 4.69) is 9.98 Å². The molecule has 2 aromatic carbocycles. The number of fused-ring (bicyclic) bond motifs is 1. The average molecular weight is 358 g/mol. The van der Waals surface area contributed by atoms with Gasteiger partial charge in [0, 0.05) is 30.4 Å². The first-order valence-electron chi connectivity index (χ1n) is 8.52. The molecule has 6 heteroatoms. The van der Waals surface area contributed by atoms with Crippen LogP contribution in [0.1, 0.15) is 11.3 Å². The smallest absolute Gasteiger partial charge is 0.297 e. The van der Waals surface area contributed by atoms with Gasteiger partial charge in [0.15, 0.2) is 5.69 Å². The molecule has 0 aliphatic rings. The van der Waals surface area contributed by atoms with Gasteiger partial charge in [0.1, 0.15) is 11.3 Å². The Labute approximate surface area is 155 Å². The van der Waals surface area contributed by atoms with Crippen LogP contribution in [-0.4, -0.2) is 25.7 Å². The van der Waals surface area contributed by atoms with Crippen LogP contribution in [0, 0.1) is 6.92 Å². The van der Waals surface area contributed by atoms with E-state index in [0.29, 0.717) is 11.2 Å². The van der Waals surface area contributed by atoms with Gasteiger partial charge >= 0.3 is 0 Å². The highest BCUT2D eigenvalue weighted by Gasteiger charge is 2.15. The van der Waals surface area contributed by atoms with E-state index in [1.807, 2.05) is 50.4 Å². The highest BCUT2D eigenvalue weighted by molar-refractivity contribution is 6.01. The summed E-state index contributed by atoms with van der Waals surface area (Å²) in [5.74, 6) is 0.116. The summed E-state index contributed by atoms with van der Waals surface area (Å²) in [5, 5.41) is 10.7. The van der Waals surface area contributed by atoms with E-state index in [1.165, 1.54) is 0 Å². The molecule has 2 aromatic heterocycles. The minimum absolute atomic E-state index is 0.116. The second-order valence-electron chi connectivity index (χ2n) is 6.24. The van der Waals surface area contributed by atoms with Gasteiger partial charge in [-0.1, -0.05) is 24.3 Å². The number of phenols is 1. The van der Waals surface area contributed by atoms with Crippen molar-refractivity contribution in [1.29, 1.82) is 0 Å². The van der Waals surface area contributed by atoms with Gasteiger partial charge in [-0.15, -0.1) is 0 Å². The van der Waals surface area contributed by atoms with Gasteiger partial charge in [-0.05, 0) is 37.3 Å². The molecular formula is C21H18N4O2. The van der Waals surface area contributed by atoms with Crippen LogP contribution in [0.5, 0.6) is 5.75 Å². The minimum atomic E-state index is -0.182. The summed E-state index contributed by atoms with van der Waals surface area (Å²) < 4.78 is 3.39. The van der Waals surface area contributed by atoms with Crippen LogP contribution in [0.15, 0.2) is 70.6 Å². The third kappa shape index (κ3) is 2.81. The molecule has 0 saturated carbocycles. The molecule has 134 valence electrons. The number of aromatic hydroxyl groups is 1. The molecule has 0 fully saturated rings. The van der Waals surface area contributed by atoms with Gasteiger partial charge in [-0.3, -0.25) is 14.5 Å². The second-order valence-corrected chi connectivity index (χ2v) is 6.24. The van der Waals surface area contributed by atoms with Crippen LogP contribution >= 0.6 is 0 Å². The molecular weight excluding hydrogens is 340 g/mol. The molecule has 6 nitrogen and oxygen atoms in total. The van der Waals surface area contributed by atoms with Gasteiger partial charge in [0.05, 0.1) is 11.4 Å². The number of aromatic nitrogens is 3. The van der Waals surface area contributed by atoms with Crippen LogP contribution in [0.25, 0.3) is 16.6 Å². The quantitative estimate of drug-likeness (QED) is 0.570. The lowest BCUT2D eigenvalue weighted by Crippen LogP contribution is -2.19. The van der Waals surface area contributed by atoms with Crippen molar-refractivity contribution in [2.45, 2.75) is 6.92 Å². The summed E-state index contributed by atoms with van der Waals surface area (Å²) in [6, 6.07) is 16.5. The van der Waals surface area contributed by atoms with Crippen LogP contribution in [0.4, 0.5) is 5.69 Å². The van der Waals surface area contributed by atoms with Crippen molar-refractivity contribution in [3.05, 3.63) is 82.4 Å². The van der Waals surface area contributed by atoms with E-state index in [-0.39, 0.29) is 11.3 Å². The zero-order valence-corrected chi connectivity index (χ0v) is 15.0. The van der Waals surface area contributed by atoms with E-state index in [1.54, 1.807) is 40.0 Å². The summed E-state index contributed by atoms with van der Waals surface area (Å²) in [6.07, 6.45) is 3.27. The number of para-hydroxylation sites is 1. The molecule has 0 amide bonds. The monoisotopic (exact) mass is 358 g/mol. The molecule has 0 atom stereocenters. The highest BCUT2D eigenvalue weighted by Crippen LogP contribution is 2.25. The lowest BCUT2D eigenvalue weighted by molar-refractivity contribution is 0.480. The fourth-order valence-corrected chi connectivity index (χ4v) is 3.13. The SMILES string of the molecule is Cc1c(N=Cc2ccc(O)c3ncccc23)c(=O)n(-c2ccccc2)n1C. The van der Waals surface area contributed by atoms with E-state index < -0.39 is 0 Å². The molecule has 0 saturated heterocycles. The average Bonchev–Trinajstić information content (AvgIpc) is 2.91. The Kier molecular flexibility index (Phi) is 4.08. The molecule has 0 spiro atoms. The lowest BCUT2D eigenvalue weighted by atomic mass is 10.1. The third-order valence-corrected chi connectivity index (χ3v) is 4.64. The maximum Gasteiger partial charge on any atom is 0.297 e. The summed E-state index contributed by atoms with van der Waals surface area (Å²) in [6.45, 7) is 1.87. The Morgan fingerprint density at radius 3 is 2.63 bits per heavy atom. The van der Waals surface area contributed by atoms with E-state index in [0.717, 1.165) is 22.3 Å². The highest BCUT2D eigenvalue weighted by atomic mass is 16.3. The van der Waals surface area contributed by atoms with Gasteiger partial charge in [-0.25, -0.2) is 9.67 Å². The Morgan fingerprint density at radius 1 is 1.07 bits per heavy atom. The molecule has 0 aliphatic carbocycles. The Morgan fingerprint density at radius 2 is 1.85 bits per heavy atom. The molecule has 1 N–H and O–H groups in total. The summed E-state index contributed by atoms with van der Waals surface area (Å²) in [4.78, 5) is 21.6. The number of rotatable bonds is 3. The maximum absolute atomic E-state index is 12.9. The van der Waals surface area contributed by atoms with Crippen molar-refractivity contribution in [3.8, 4) is 11.4 Å². The van der Waals surface area contributed by atoms with Crippen molar-refractivity contribution in [1.82, 2.24) is 14.3 Å². The number of aliphatic imine (C=N–C) groups is 1. The zero-order chi connectivity index (χ0) is 19.0. The van der Waals surface area contributed by atoms with Crippen LogP contribution < -0.4 is 5.56 Å². The maximum atomic E-state index is 12.9.